The monoisotopic (exact) mass is 384 g/mol. The van der Waals surface area contributed by atoms with Gasteiger partial charge in [0.25, 0.3) is 5.91 Å². The van der Waals surface area contributed by atoms with Gasteiger partial charge in [0.05, 0.1) is 0 Å². The first kappa shape index (κ1) is 18.9. The maximum Gasteiger partial charge on any atom is 0.251 e. The average Bonchev–Trinajstić information content (AvgIpc) is 3.57. The van der Waals surface area contributed by atoms with Crippen molar-refractivity contribution in [2.75, 3.05) is 5.32 Å². The van der Waals surface area contributed by atoms with Crippen LogP contribution in [0.5, 0.6) is 0 Å². The van der Waals surface area contributed by atoms with Crippen LogP contribution < -0.4 is 10.6 Å². The van der Waals surface area contributed by atoms with E-state index in [-0.39, 0.29) is 17.7 Å². The molecule has 0 bridgehead atoms. The molecule has 0 unspecified atom stereocenters. The quantitative estimate of drug-likeness (QED) is 0.618. The van der Waals surface area contributed by atoms with Gasteiger partial charge in [0.15, 0.2) is 0 Å². The van der Waals surface area contributed by atoms with Crippen LogP contribution in [-0.2, 0) is 4.79 Å². The Morgan fingerprint density at radius 2 is 1.45 bits per heavy atom. The molecule has 0 atom stereocenters. The highest BCUT2D eigenvalue weighted by atomic mass is 16.2. The van der Waals surface area contributed by atoms with Gasteiger partial charge in [-0.25, -0.2) is 0 Å². The van der Waals surface area contributed by atoms with Crippen LogP contribution in [0.25, 0.3) is 0 Å². The first-order chi connectivity index (χ1) is 14.2. The minimum atomic E-state index is -0.0879. The lowest BCUT2D eigenvalue weighted by atomic mass is 9.88. The molecule has 4 heteroatoms. The van der Waals surface area contributed by atoms with Gasteiger partial charge in [0.2, 0.25) is 5.91 Å². The Kier molecular flexibility index (Phi) is 5.71. The van der Waals surface area contributed by atoms with Gasteiger partial charge in [-0.2, -0.15) is 0 Å². The van der Waals surface area contributed by atoms with Crippen molar-refractivity contribution < 1.29 is 9.59 Å². The molecule has 1 aliphatic carbocycles. The van der Waals surface area contributed by atoms with Gasteiger partial charge in [-0.1, -0.05) is 66.7 Å². The minimum absolute atomic E-state index is 0.0289. The molecule has 1 fully saturated rings. The van der Waals surface area contributed by atoms with E-state index < -0.39 is 0 Å². The number of rotatable bonds is 7. The summed E-state index contributed by atoms with van der Waals surface area (Å²) in [4.78, 5) is 25.1. The van der Waals surface area contributed by atoms with Gasteiger partial charge in [0.1, 0.15) is 0 Å². The van der Waals surface area contributed by atoms with E-state index in [1.165, 1.54) is 0 Å². The maximum atomic E-state index is 12.8. The molecule has 29 heavy (non-hydrogen) atoms. The third kappa shape index (κ3) is 5.11. The SMILES string of the molecule is O=C(CC(c1ccccc1)c1ccccc1)Nc1cccc(C(=O)NC2CC2)c1. The van der Waals surface area contributed by atoms with E-state index in [1.54, 1.807) is 18.2 Å². The molecule has 0 radical (unpaired) electrons. The Morgan fingerprint density at radius 1 is 0.828 bits per heavy atom. The molecule has 3 aromatic rings. The molecule has 3 aromatic carbocycles. The van der Waals surface area contributed by atoms with Crippen molar-refractivity contribution in [1.29, 1.82) is 0 Å². The van der Waals surface area contributed by atoms with E-state index in [4.69, 9.17) is 0 Å². The standard InChI is InChI=1S/C25H24N2O2/c28-24(26-22-13-7-12-20(16-22)25(29)27-21-14-15-21)17-23(18-8-3-1-4-9-18)19-10-5-2-6-11-19/h1-13,16,21,23H,14-15,17H2,(H,26,28)(H,27,29). The van der Waals surface area contributed by atoms with Crippen LogP contribution in [-0.4, -0.2) is 17.9 Å². The fourth-order valence-corrected chi connectivity index (χ4v) is 3.43. The summed E-state index contributed by atoms with van der Waals surface area (Å²) >= 11 is 0. The number of anilines is 1. The molecule has 4 nitrogen and oxygen atoms in total. The molecule has 4 rings (SSSR count). The second-order valence-corrected chi connectivity index (χ2v) is 7.45. The smallest absolute Gasteiger partial charge is 0.251 e. The zero-order valence-electron chi connectivity index (χ0n) is 16.2. The summed E-state index contributed by atoms with van der Waals surface area (Å²) < 4.78 is 0. The first-order valence-electron chi connectivity index (χ1n) is 10.00. The molecule has 0 heterocycles. The summed E-state index contributed by atoms with van der Waals surface area (Å²) in [7, 11) is 0. The number of hydrogen-bond donors (Lipinski definition) is 2. The Labute approximate surface area is 171 Å². The minimum Gasteiger partial charge on any atom is -0.349 e. The third-order valence-electron chi connectivity index (χ3n) is 5.11. The van der Waals surface area contributed by atoms with Crippen LogP contribution in [0.1, 0.15) is 46.7 Å². The molecular weight excluding hydrogens is 360 g/mol. The molecule has 0 spiro atoms. The first-order valence-corrected chi connectivity index (χ1v) is 10.00. The van der Waals surface area contributed by atoms with Crippen molar-refractivity contribution in [1.82, 2.24) is 5.32 Å². The fraction of sp³-hybridized carbons (Fsp3) is 0.200. The summed E-state index contributed by atoms with van der Waals surface area (Å²) in [5.41, 5.74) is 3.41. The molecule has 2 amide bonds. The van der Waals surface area contributed by atoms with E-state index in [2.05, 4.69) is 10.6 Å². The van der Waals surface area contributed by atoms with Crippen LogP contribution in [0.15, 0.2) is 84.9 Å². The van der Waals surface area contributed by atoms with Crippen molar-refractivity contribution in [2.24, 2.45) is 0 Å². The van der Waals surface area contributed by atoms with Crippen LogP contribution in [0, 0.1) is 0 Å². The van der Waals surface area contributed by atoms with E-state index in [0.717, 1.165) is 24.0 Å². The summed E-state index contributed by atoms with van der Waals surface area (Å²) in [5, 5.41) is 5.93. The molecule has 0 saturated heterocycles. The Hall–Kier alpha value is -3.40. The third-order valence-corrected chi connectivity index (χ3v) is 5.11. The van der Waals surface area contributed by atoms with Crippen molar-refractivity contribution in [3.05, 3.63) is 102 Å². The lowest BCUT2D eigenvalue weighted by Crippen LogP contribution is -2.25. The molecular formula is C25H24N2O2. The van der Waals surface area contributed by atoms with Crippen LogP contribution in [0.2, 0.25) is 0 Å². The number of benzene rings is 3. The Morgan fingerprint density at radius 3 is 2.03 bits per heavy atom. The predicted octanol–water partition coefficient (Wildman–Crippen LogP) is 4.74. The number of carbonyl (C=O) groups excluding carboxylic acids is 2. The van der Waals surface area contributed by atoms with E-state index >= 15 is 0 Å². The van der Waals surface area contributed by atoms with Crippen molar-refractivity contribution in [2.45, 2.75) is 31.2 Å². The van der Waals surface area contributed by atoms with Crippen LogP contribution in [0.3, 0.4) is 0 Å². The van der Waals surface area contributed by atoms with E-state index in [9.17, 15) is 9.59 Å². The van der Waals surface area contributed by atoms with Gasteiger partial charge >= 0.3 is 0 Å². The van der Waals surface area contributed by atoms with Gasteiger partial charge < -0.3 is 10.6 Å². The number of carbonyl (C=O) groups is 2. The lowest BCUT2D eigenvalue weighted by molar-refractivity contribution is -0.116. The fourth-order valence-electron chi connectivity index (χ4n) is 3.43. The molecule has 0 aromatic heterocycles. The summed E-state index contributed by atoms with van der Waals surface area (Å²) in [6.45, 7) is 0. The molecule has 0 aliphatic heterocycles. The Bertz CT molecular complexity index is 942. The van der Waals surface area contributed by atoms with Gasteiger partial charge in [-0.15, -0.1) is 0 Å². The molecule has 1 aliphatic rings. The van der Waals surface area contributed by atoms with Gasteiger partial charge in [0, 0.05) is 29.6 Å². The topological polar surface area (TPSA) is 58.2 Å². The lowest BCUT2D eigenvalue weighted by Gasteiger charge is -2.18. The molecule has 1 saturated carbocycles. The van der Waals surface area contributed by atoms with Crippen molar-refractivity contribution >= 4 is 17.5 Å². The largest absolute Gasteiger partial charge is 0.349 e. The zero-order valence-corrected chi connectivity index (χ0v) is 16.2. The van der Waals surface area contributed by atoms with Crippen molar-refractivity contribution in [3.63, 3.8) is 0 Å². The van der Waals surface area contributed by atoms with Crippen LogP contribution in [0.4, 0.5) is 5.69 Å². The number of nitrogens with one attached hydrogen (secondary N) is 2. The maximum absolute atomic E-state index is 12.8. The highest BCUT2D eigenvalue weighted by Gasteiger charge is 2.24. The highest BCUT2D eigenvalue weighted by Crippen LogP contribution is 2.28. The van der Waals surface area contributed by atoms with Crippen LogP contribution >= 0.6 is 0 Å². The Balaban J connectivity index is 1.48. The molecule has 146 valence electrons. The van der Waals surface area contributed by atoms with E-state index in [0.29, 0.717) is 23.7 Å². The summed E-state index contributed by atoms with van der Waals surface area (Å²) in [6, 6.07) is 27.5. The van der Waals surface area contributed by atoms with E-state index in [1.807, 2.05) is 66.7 Å². The second kappa shape index (κ2) is 8.74. The molecule has 2 N–H and O–H groups in total. The van der Waals surface area contributed by atoms with Crippen molar-refractivity contribution in [3.8, 4) is 0 Å². The number of hydrogen-bond acceptors (Lipinski definition) is 2. The van der Waals surface area contributed by atoms with Gasteiger partial charge in [-0.05, 0) is 42.2 Å². The highest BCUT2D eigenvalue weighted by molar-refractivity contribution is 5.97. The normalized spacial score (nSPS) is 13.1. The second-order valence-electron chi connectivity index (χ2n) is 7.45. The predicted molar refractivity (Wildman–Crippen MR) is 115 cm³/mol. The average molecular weight is 384 g/mol. The zero-order chi connectivity index (χ0) is 20.1. The number of amides is 2. The van der Waals surface area contributed by atoms with Gasteiger partial charge in [-0.3, -0.25) is 9.59 Å². The summed E-state index contributed by atoms with van der Waals surface area (Å²) in [5.74, 6) is -0.198. The summed E-state index contributed by atoms with van der Waals surface area (Å²) in [6.07, 6.45) is 2.41.